The van der Waals surface area contributed by atoms with E-state index in [0.717, 1.165) is 4.90 Å². The van der Waals surface area contributed by atoms with Crippen molar-refractivity contribution in [2.75, 3.05) is 0 Å². The van der Waals surface area contributed by atoms with Gasteiger partial charge < -0.3 is 15.4 Å². The third-order valence-corrected chi connectivity index (χ3v) is 3.68. The van der Waals surface area contributed by atoms with E-state index < -0.39 is 12.1 Å². The second-order valence-corrected chi connectivity index (χ2v) is 5.55. The quantitative estimate of drug-likeness (QED) is 0.825. The van der Waals surface area contributed by atoms with Gasteiger partial charge in [-0.2, -0.15) is 4.98 Å². The lowest BCUT2D eigenvalue weighted by Gasteiger charge is -2.08. The Balaban J connectivity index is 1.97. The number of aliphatic hydroxyl groups is 1. The molecule has 7 heteroatoms. The van der Waals surface area contributed by atoms with E-state index >= 15 is 0 Å². The third kappa shape index (κ3) is 3.94. The summed E-state index contributed by atoms with van der Waals surface area (Å²) >= 11 is 7.45. The van der Waals surface area contributed by atoms with Crippen LogP contribution in [0, 0.1) is 0 Å². The standard InChI is InChI=1S/C12H14ClN3O2S/c1-7(17)11(14)12-15-10(16-18-12)6-19-9-4-2-3-8(13)5-9/h2-5,7,11,17H,6,14H2,1H3/t7-,11+/m1/s1. The van der Waals surface area contributed by atoms with Gasteiger partial charge in [-0.3, -0.25) is 0 Å². The van der Waals surface area contributed by atoms with Crippen LogP contribution in [0.2, 0.25) is 5.02 Å². The van der Waals surface area contributed by atoms with Crippen LogP contribution in [0.3, 0.4) is 0 Å². The number of nitrogens with zero attached hydrogens (tertiary/aromatic N) is 2. The molecule has 1 aromatic heterocycles. The summed E-state index contributed by atoms with van der Waals surface area (Å²) < 4.78 is 5.01. The van der Waals surface area contributed by atoms with Gasteiger partial charge in [-0.25, -0.2) is 0 Å². The Bertz CT molecular complexity index is 547. The normalized spacial score (nSPS) is 14.3. The first-order chi connectivity index (χ1) is 9.06. The number of hydrogen-bond donors (Lipinski definition) is 2. The van der Waals surface area contributed by atoms with Crippen molar-refractivity contribution >= 4 is 23.4 Å². The lowest BCUT2D eigenvalue weighted by Crippen LogP contribution is -2.23. The fourth-order valence-electron chi connectivity index (χ4n) is 1.37. The molecule has 0 saturated heterocycles. The van der Waals surface area contributed by atoms with Gasteiger partial charge in [-0.05, 0) is 25.1 Å². The van der Waals surface area contributed by atoms with E-state index in [2.05, 4.69) is 10.1 Å². The Morgan fingerprint density at radius 1 is 1.53 bits per heavy atom. The number of rotatable bonds is 5. The largest absolute Gasteiger partial charge is 0.391 e. The van der Waals surface area contributed by atoms with E-state index in [1.807, 2.05) is 24.3 Å². The molecule has 0 bridgehead atoms. The number of aliphatic hydroxyl groups excluding tert-OH is 1. The molecule has 0 spiro atoms. The van der Waals surface area contributed by atoms with Gasteiger partial charge in [-0.1, -0.05) is 22.8 Å². The molecule has 0 unspecified atom stereocenters. The van der Waals surface area contributed by atoms with Gasteiger partial charge in [0.15, 0.2) is 5.82 Å². The molecule has 2 atom stereocenters. The van der Waals surface area contributed by atoms with Crippen molar-refractivity contribution in [1.29, 1.82) is 0 Å². The van der Waals surface area contributed by atoms with E-state index in [4.69, 9.17) is 21.9 Å². The minimum Gasteiger partial charge on any atom is -0.391 e. The van der Waals surface area contributed by atoms with E-state index in [1.165, 1.54) is 0 Å². The van der Waals surface area contributed by atoms with Crippen LogP contribution in [0.25, 0.3) is 0 Å². The van der Waals surface area contributed by atoms with Gasteiger partial charge in [-0.15, -0.1) is 11.8 Å². The maximum absolute atomic E-state index is 9.35. The van der Waals surface area contributed by atoms with Crippen LogP contribution < -0.4 is 5.73 Å². The zero-order valence-corrected chi connectivity index (χ0v) is 11.9. The monoisotopic (exact) mass is 299 g/mol. The van der Waals surface area contributed by atoms with Crippen molar-refractivity contribution in [3.8, 4) is 0 Å². The van der Waals surface area contributed by atoms with Gasteiger partial charge in [0.25, 0.3) is 0 Å². The molecular formula is C12H14ClN3O2S. The van der Waals surface area contributed by atoms with E-state index in [-0.39, 0.29) is 5.89 Å². The fourth-order valence-corrected chi connectivity index (χ4v) is 2.43. The SMILES string of the molecule is C[C@@H](O)[C@H](N)c1nc(CSc2cccc(Cl)c2)no1. The Labute approximate surface area is 120 Å². The average Bonchev–Trinajstić information content (AvgIpc) is 2.84. The second kappa shape index (κ2) is 6.38. The molecular weight excluding hydrogens is 286 g/mol. The summed E-state index contributed by atoms with van der Waals surface area (Å²) in [6, 6.07) is 6.88. The molecule has 0 radical (unpaired) electrons. The topological polar surface area (TPSA) is 85.2 Å². The van der Waals surface area contributed by atoms with E-state index in [1.54, 1.807) is 18.7 Å². The van der Waals surface area contributed by atoms with Gasteiger partial charge in [0.1, 0.15) is 6.04 Å². The first-order valence-corrected chi connectivity index (χ1v) is 7.07. The summed E-state index contributed by atoms with van der Waals surface area (Å²) in [5.74, 6) is 1.34. The maximum Gasteiger partial charge on any atom is 0.246 e. The average molecular weight is 300 g/mol. The third-order valence-electron chi connectivity index (χ3n) is 2.45. The van der Waals surface area contributed by atoms with Gasteiger partial charge in [0.2, 0.25) is 5.89 Å². The molecule has 5 nitrogen and oxygen atoms in total. The van der Waals surface area contributed by atoms with Crippen molar-refractivity contribution < 1.29 is 9.63 Å². The molecule has 1 heterocycles. The summed E-state index contributed by atoms with van der Waals surface area (Å²) in [5, 5.41) is 13.9. The van der Waals surface area contributed by atoms with Crippen molar-refractivity contribution in [2.24, 2.45) is 5.73 Å². The Morgan fingerprint density at radius 2 is 2.32 bits per heavy atom. The molecule has 0 amide bonds. The minimum absolute atomic E-state index is 0.247. The predicted molar refractivity (Wildman–Crippen MR) is 73.9 cm³/mol. The van der Waals surface area contributed by atoms with Crippen molar-refractivity contribution in [1.82, 2.24) is 10.1 Å². The first-order valence-electron chi connectivity index (χ1n) is 5.71. The van der Waals surface area contributed by atoms with Crippen molar-refractivity contribution in [3.05, 3.63) is 41.0 Å². The highest BCUT2D eigenvalue weighted by Gasteiger charge is 2.19. The Morgan fingerprint density at radius 3 is 3.00 bits per heavy atom. The highest BCUT2D eigenvalue weighted by Crippen LogP contribution is 2.24. The van der Waals surface area contributed by atoms with E-state index in [9.17, 15) is 5.11 Å². The van der Waals surface area contributed by atoms with Gasteiger partial charge >= 0.3 is 0 Å². The number of benzene rings is 1. The highest BCUT2D eigenvalue weighted by atomic mass is 35.5. The van der Waals surface area contributed by atoms with Crippen LogP contribution in [0.5, 0.6) is 0 Å². The Kier molecular flexibility index (Phi) is 4.81. The molecule has 0 aliphatic rings. The molecule has 3 N–H and O–H groups in total. The van der Waals surface area contributed by atoms with Crippen LogP contribution >= 0.6 is 23.4 Å². The first kappa shape index (κ1) is 14.3. The minimum atomic E-state index is -0.728. The summed E-state index contributed by atoms with van der Waals surface area (Å²) in [6.07, 6.45) is -0.728. The van der Waals surface area contributed by atoms with Crippen molar-refractivity contribution in [2.45, 2.75) is 29.7 Å². The van der Waals surface area contributed by atoms with E-state index in [0.29, 0.717) is 16.6 Å². The van der Waals surface area contributed by atoms with Crippen LogP contribution in [-0.2, 0) is 5.75 Å². The molecule has 2 aromatic rings. The zero-order valence-electron chi connectivity index (χ0n) is 10.3. The smallest absolute Gasteiger partial charge is 0.246 e. The number of aromatic nitrogens is 2. The molecule has 0 aliphatic heterocycles. The number of nitrogens with two attached hydrogens (primary N) is 1. The van der Waals surface area contributed by atoms with Crippen LogP contribution in [0.1, 0.15) is 24.7 Å². The van der Waals surface area contributed by atoms with Crippen LogP contribution in [-0.4, -0.2) is 21.4 Å². The Hall–Kier alpha value is -1.08. The van der Waals surface area contributed by atoms with Gasteiger partial charge in [0.05, 0.1) is 11.9 Å². The summed E-state index contributed by atoms with van der Waals surface area (Å²) in [7, 11) is 0. The molecule has 2 rings (SSSR count). The number of halogens is 1. The fraction of sp³-hybridized carbons (Fsp3) is 0.333. The molecule has 1 aromatic carbocycles. The van der Waals surface area contributed by atoms with Crippen LogP contribution in [0.15, 0.2) is 33.7 Å². The number of thioether (sulfide) groups is 1. The molecule has 0 fully saturated rings. The summed E-state index contributed by atoms with van der Waals surface area (Å²) in [6.45, 7) is 1.58. The summed E-state index contributed by atoms with van der Waals surface area (Å²) in [5.41, 5.74) is 5.71. The van der Waals surface area contributed by atoms with Crippen molar-refractivity contribution in [3.63, 3.8) is 0 Å². The lowest BCUT2D eigenvalue weighted by molar-refractivity contribution is 0.146. The number of hydrogen-bond acceptors (Lipinski definition) is 6. The molecule has 19 heavy (non-hydrogen) atoms. The zero-order chi connectivity index (χ0) is 13.8. The van der Waals surface area contributed by atoms with Crippen LogP contribution in [0.4, 0.5) is 0 Å². The van der Waals surface area contributed by atoms with Gasteiger partial charge in [0, 0.05) is 9.92 Å². The molecule has 0 aliphatic carbocycles. The lowest BCUT2D eigenvalue weighted by atomic mass is 10.2. The molecule has 0 saturated carbocycles. The summed E-state index contributed by atoms with van der Waals surface area (Å²) in [4.78, 5) is 5.18. The predicted octanol–water partition coefficient (Wildman–Crippen LogP) is 2.40. The maximum atomic E-state index is 9.35. The molecule has 102 valence electrons. The second-order valence-electron chi connectivity index (χ2n) is 4.06. The highest BCUT2D eigenvalue weighted by molar-refractivity contribution is 7.98.